The van der Waals surface area contributed by atoms with Crippen molar-refractivity contribution in [3.8, 4) is 16.9 Å². The second-order valence-electron chi connectivity index (χ2n) is 8.44. The molecule has 6 nitrogen and oxygen atoms in total. The molecule has 7 heteroatoms. The van der Waals surface area contributed by atoms with Gasteiger partial charge in [-0.3, -0.25) is 9.69 Å². The van der Waals surface area contributed by atoms with Crippen LogP contribution in [0.2, 0.25) is 5.02 Å². The summed E-state index contributed by atoms with van der Waals surface area (Å²) in [5.41, 5.74) is 6.40. The maximum atomic E-state index is 11.9. The summed E-state index contributed by atoms with van der Waals surface area (Å²) in [6.45, 7) is 6.45. The third-order valence-electron chi connectivity index (χ3n) is 6.67. The minimum Gasteiger partial charge on any atom is -0.496 e. The van der Waals surface area contributed by atoms with Crippen LogP contribution in [0.25, 0.3) is 17.2 Å². The Kier molecular flexibility index (Phi) is 5.96. The summed E-state index contributed by atoms with van der Waals surface area (Å²) >= 11 is 6.92. The van der Waals surface area contributed by atoms with Crippen LogP contribution in [0.4, 0.5) is 5.69 Å². The lowest BCUT2D eigenvalue weighted by Crippen LogP contribution is -2.52. The highest BCUT2D eigenvalue weighted by molar-refractivity contribution is 6.33. The fraction of sp³-hybridized carbons (Fsp3) is 0.308. The molecule has 0 saturated carbocycles. The summed E-state index contributed by atoms with van der Waals surface area (Å²) in [6.07, 6.45) is 9.42. The second-order valence-corrected chi connectivity index (χ2v) is 8.84. The van der Waals surface area contributed by atoms with Crippen molar-refractivity contribution in [1.29, 1.82) is 0 Å². The number of hydrogen-bond donors (Lipinski definition) is 1. The molecule has 2 heterocycles. The molecule has 0 bridgehead atoms. The van der Waals surface area contributed by atoms with Crippen LogP contribution in [0, 0.1) is 0 Å². The third-order valence-corrected chi connectivity index (χ3v) is 6.98. The molecule has 2 aliphatic heterocycles. The van der Waals surface area contributed by atoms with Crippen molar-refractivity contribution >= 4 is 35.6 Å². The van der Waals surface area contributed by atoms with E-state index < -0.39 is 0 Å². The highest BCUT2D eigenvalue weighted by Gasteiger charge is 2.30. The number of hydrogen-bond acceptors (Lipinski definition) is 5. The summed E-state index contributed by atoms with van der Waals surface area (Å²) in [6, 6.07) is 8.22. The molecule has 33 heavy (non-hydrogen) atoms. The molecular formula is C26H27ClN4O2. The van der Waals surface area contributed by atoms with Crippen molar-refractivity contribution < 1.29 is 9.53 Å². The van der Waals surface area contributed by atoms with Gasteiger partial charge in [0.15, 0.2) is 0 Å². The molecule has 1 N–H and O–H groups in total. The Morgan fingerprint density at radius 1 is 1.27 bits per heavy atom. The lowest BCUT2D eigenvalue weighted by molar-refractivity contribution is -0.128. The van der Waals surface area contributed by atoms with E-state index in [2.05, 4.69) is 46.1 Å². The van der Waals surface area contributed by atoms with Crippen LogP contribution in [0.15, 0.2) is 48.0 Å². The molecule has 0 spiro atoms. The maximum Gasteiger partial charge on any atom is 0.246 e. The quantitative estimate of drug-likeness (QED) is 0.676. The number of halogens is 1. The van der Waals surface area contributed by atoms with Gasteiger partial charge in [0.25, 0.3) is 0 Å². The molecule has 3 aliphatic rings. The van der Waals surface area contributed by atoms with Gasteiger partial charge >= 0.3 is 0 Å². The molecular weight excluding hydrogens is 436 g/mol. The Morgan fingerprint density at radius 3 is 2.85 bits per heavy atom. The SMILES string of the molecule is C=CC(=O)N1CCN(C2NC=Nc3cc(-c4c(OC)ccc5c4CCC=C5)c(Cl)cc32)CC1. The van der Waals surface area contributed by atoms with E-state index in [4.69, 9.17) is 16.3 Å². The summed E-state index contributed by atoms with van der Waals surface area (Å²) < 4.78 is 5.74. The number of allylic oxidation sites excluding steroid dienone is 1. The molecule has 0 radical (unpaired) electrons. The minimum absolute atomic E-state index is 0.0177. The monoisotopic (exact) mass is 462 g/mol. The normalized spacial score (nSPS) is 19.5. The van der Waals surface area contributed by atoms with Crippen LogP contribution in [-0.2, 0) is 11.2 Å². The lowest BCUT2D eigenvalue weighted by Gasteiger charge is -2.40. The lowest BCUT2D eigenvalue weighted by atomic mass is 9.88. The third kappa shape index (κ3) is 3.94. The zero-order chi connectivity index (χ0) is 22.9. The number of nitrogens with zero attached hydrogens (tertiary/aromatic N) is 3. The van der Waals surface area contributed by atoms with Crippen molar-refractivity contribution in [3.63, 3.8) is 0 Å². The van der Waals surface area contributed by atoms with Crippen molar-refractivity contribution in [2.75, 3.05) is 33.3 Å². The zero-order valence-electron chi connectivity index (χ0n) is 18.7. The fourth-order valence-corrected chi connectivity index (χ4v) is 5.24. The molecule has 1 saturated heterocycles. The topological polar surface area (TPSA) is 57.2 Å². The second kappa shape index (κ2) is 9.04. The molecule has 0 aromatic heterocycles. The van der Waals surface area contributed by atoms with Gasteiger partial charge in [0.1, 0.15) is 11.9 Å². The molecule has 170 valence electrons. The van der Waals surface area contributed by atoms with Gasteiger partial charge in [-0.25, -0.2) is 4.99 Å². The van der Waals surface area contributed by atoms with Gasteiger partial charge in [0.2, 0.25) is 5.91 Å². The first kappa shape index (κ1) is 21.7. The first-order valence-corrected chi connectivity index (χ1v) is 11.6. The minimum atomic E-state index is -0.0421. The Balaban J connectivity index is 1.50. The zero-order valence-corrected chi connectivity index (χ0v) is 19.4. The molecule has 5 rings (SSSR count). The van der Waals surface area contributed by atoms with E-state index in [0.29, 0.717) is 18.1 Å². The first-order valence-electron chi connectivity index (χ1n) is 11.2. The van der Waals surface area contributed by atoms with Gasteiger partial charge in [-0.05, 0) is 48.2 Å². The van der Waals surface area contributed by atoms with E-state index in [9.17, 15) is 4.79 Å². The van der Waals surface area contributed by atoms with Gasteiger partial charge in [-0.15, -0.1) is 0 Å². The number of amides is 1. The number of aliphatic imine (C=N–C) groups is 1. The van der Waals surface area contributed by atoms with E-state index in [1.165, 1.54) is 17.2 Å². The Morgan fingerprint density at radius 2 is 2.09 bits per heavy atom. The average molecular weight is 463 g/mol. The maximum absolute atomic E-state index is 11.9. The van der Waals surface area contributed by atoms with Crippen LogP contribution < -0.4 is 10.1 Å². The van der Waals surface area contributed by atoms with E-state index >= 15 is 0 Å². The van der Waals surface area contributed by atoms with Gasteiger partial charge < -0.3 is 15.0 Å². The summed E-state index contributed by atoms with van der Waals surface area (Å²) in [4.78, 5) is 20.7. The smallest absolute Gasteiger partial charge is 0.246 e. The van der Waals surface area contributed by atoms with Crippen LogP contribution in [0.5, 0.6) is 5.75 Å². The number of methoxy groups -OCH3 is 1. The molecule has 2 aromatic rings. The number of rotatable bonds is 4. The van der Waals surface area contributed by atoms with Crippen molar-refractivity contribution in [2.24, 2.45) is 4.99 Å². The number of piperazine rings is 1. The van der Waals surface area contributed by atoms with Crippen LogP contribution in [-0.4, -0.2) is 55.3 Å². The predicted molar refractivity (Wildman–Crippen MR) is 133 cm³/mol. The standard InChI is InChI=1S/C26H27ClN4O2/c1-3-24(32)30-10-12-31(13-11-30)26-20-14-21(27)19(15-22(20)28-16-29-26)25-18-7-5-4-6-17(18)8-9-23(25)33-2/h3-4,6,8-9,14-16,26H,1,5,7,10-13H2,2H3,(H,28,29). The number of ether oxygens (including phenoxy) is 1. The van der Waals surface area contributed by atoms with E-state index in [0.717, 1.165) is 54.1 Å². The number of benzene rings is 2. The number of nitrogens with one attached hydrogen (secondary N) is 1. The number of carbonyl (C=O) groups is 1. The first-order chi connectivity index (χ1) is 16.1. The largest absolute Gasteiger partial charge is 0.496 e. The summed E-state index contributed by atoms with van der Waals surface area (Å²) in [7, 11) is 1.70. The molecule has 1 atom stereocenters. The van der Waals surface area contributed by atoms with E-state index in [-0.39, 0.29) is 12.1 Å². The Labute approximate surface area is 199 Å². The van der Waals surface area contributed by atoms with E-state index in [1.807, 2.05) is 17.0 Å². The van der Waals surface area contributed by atoms with Crippen molar-refractivity contribution in [2.45, 2.75) is 19.0 Å². The van der Waals surface area contributed by atoms with Gasteiger partial charge in [0, 0.05) is 47.9 Å². The molecule has 1 amide bonds. The van der Waals surface area contributed by atoms with Crippen LogP contribution >= 0.6 is 11.6 Å². The van der Waals surface area contributed by atoms with Crippen LogP contribution in [0.1, 0.15) is 29.3 Å². The van der Waals surface area contributed by atoms with Crippen LogP contribution in [0.3, 0.4) is 0 Å². The summed E-state index contributed by atoms with van der Waals surface area (Å²) in [5.74, 6) is 0.805. The number of carbonyl (C=O) groups excluding carboxylic acids is 1. The highest BCUT2D eigenvalue weighted by atomic mass is 35.5. The number of fused-ring (bicyclic) bond motifs is 2. The Hall–Kier alpha value is -3.09. The highest BCUT2D eigenvalue weighted by Crippen LogP contribution is 2.45. The Bertz CT molecular complexity index is 1170. The molecule has 1 fully saturated rings. The fourth-order valence-electron chi connectivity index (χ4n) is 4.97. The summed E-state index contributed by atoms with van der Waals surface area (Å²) in [5, 5.41) is 4.06. The molecule has 2 aromatic carbocycles. The average Bonchev–Trinajstić information content (AvgIpc) is 2.87. The molecule has 1 aliphatic carbocycles. The van der Waals surface area contributed by atoms with Gasteiger partial charge in [-0.2, -0.15) is 0 Å². The van der Waals surface area contributed by atoms with Gasteiger partial charge in [-0.1, -0.05) is 36.4 Å². The van der Waals surface area contributed by atoms with Crippen molar-refractivity contribution in [1.82, 2.24) is 15.1 Å². The molecule has 1 unspecified atom stereocenters. The van der Waals surface area contributed by atoms with Crippen molar-refractivity contribution in [3.05, 3.63) is 64.7 Å². The van der Waals surface area contributed by atoms with Gasteiger partial charge in [0.05, 0.1) is 19.1 Å². The predicted octanol–water partition coefficient (Wildman–Crippen LogP) is 4.57. The van der Waals surface area contributed by atoms with E-state index in [1.54, 1.807) is 13.4 Å².